The van der Waals surface area contributed by atoms with Gasteiger partial charge in [0.2, 0.25) is 0 Å². The Hall–Kier alpha value is -2.69. The molecule has 0 fully saturated rings. The maximum Gasteiger partial charge on any atom is 0.251 e. The zero-order valence-corrected chi connectivity index (χ0v) is 14.1. The van der Waals surface area contributed by atoms with Gasteiger partial charge in [0.25, 0.3) is 5.91 Å². The third-order valence-electron chi connectivity index (χ3n) is 3.61. The highest BCUT2D eigenvalue weighted by Gasteiger charge is 2.14. The van der Waals surface area contributed by atoms with Crippen molar-refractivity contribution in [2.45, 2.75) is 33.3 Å². The second-order valence-corrected chi connectivity index (χ2v) is 5.99. The number of furan rings is 2. The van der Waals surface area contributed by atoms with Crippen molar-refractivity contribution < 1.29 is 18.4 Å². The molecule has 24 heavy (non-hydrogen) atoms. The Morgan fingerprint density at radius 1 is 1.25 bits per heavy atom. The van der Waals surface area contributed by atoms with Gasteiger partial charge in [-0.1, -0.05) is 0 Å². The van der Waals surface area contributed by atoms with Crippen molar-refractivity contribution in [1.82, 2.24) is 5.32 Å². The Morgan fingerprint density at radius 2 is 2.08 bits per heavy atom. The number of carbonyl (C=O) groups is 1. The molecule has 5 heteroatoms. The average Bonchev–Trinajstić information content (AvgIpc) is 3.15. The number of fused-ring (bicyclic) bond motifs is 1. The minimum absolute atomic E-state index is 0.0172. The lowest BCUT2D eigenvalue weighted by atomic mass is 10.1. The first-order valence-corrected chi connectivity index (χ1v) is 8.04. The smallest absolute Gasteiger partial charge is 0.251 e. The highest BCUT2D eigenvalue weighted by Crippen LogP contribution is 2.29. The van der Waals surface area contributed by atoms with Crippen LogP contribution in [-0.4, -0.2) is 18.6 Å². The largest absolute Gasteiger partial charge is 0.490 e. The minimum atomic E-state index is -0.162. The zero-order valence-electron chi connectivity index (χ0n) is 14.1. The van der Waals surface area contributed by atoms with E-state index in [-0.39, 0.29) is 12.0 Å². The number of rotatable bonds is 6. The monoisotopic (exact) mass is 327 g/mol. The Morgan fingerprint density at radius 3 is 2.79 bits per heavy atom. The van der Waals surface area contributed by atoms with Crippen LogP contribution in [0.5, 0.6) is 5.75 Å². The lowest BCUT2D eigenvalue weighted by molar-refractivity contribution is 0.0953. The summed E-state index contributed by atoms with van der Waals surface area (Å²) in [6.45, 7) is 6.30. The fourth-order valence-corrected chi connectivity index (χ4v) is 2.54. The molecule has 3 rings (SSSR count). The van der Waals surface area contributed by atoms with Gasteiger partial charge in [0.05, 0.1) is 17.8 Å². The van der Waals surface area contributed by atoms with Gasteiger partial charge in [0, 0.05) is 18.5 Å². The Kier molecular flexibility index (Phi) is 4.60. The van der Waals surface area contributed by atoms with Crippen LogP contribution < -0.4 is 10.1 Å². The summed E-state index contributed by atoms with van der Waals surface area (Å²) in [7, 11) is 0. The van der Waals surface area contributed by atoms with Crippen LogP contribution in [0.25, 0.3) is 11.0 Å². The third-order valence-corrected chi connectivity index (χ3v) is 3.61. The van der Waals surface area contributed by atoms with Gasteiger partial charge in [-0.05, 0) is 51.1 Å². The fourth-order valence-electron chi connectivity index (χ4n) is 2.54. The SMILES string of the molecule is Cc1ccc(CCNC(=O)c2cc(OC(C)C)c3ccoc3c2)o1. The molecule has 2 aromatic heterocycles. The molecule has 2 heterocycles. The number of amides is 1. The van der Waals surface area contributed by atoms with Gasteiger partial charge in [-0.15, -0.1) is 0 Å². The van der Waals surface area contributed by atoms with E-state index in [0.29, 0.717) is 29.9 Å². The van der Waals surface area contributed by atoms with Crippen LogP contribution in [-0.2, 0) is 6.42 Å². The van der Waals surface area contributed by atoms with Gasteiger partial charge in [-0.25, -0.2) is 0 Å². The summed E-state index contributed by atoms with van der Waals surface area (Å²) in [5, 5.41) is 3.76. The number of aryl methyl sites for hydroxylation is 1. The number of hydrogen-bond donors (Lipinski definition) is 1. The van der Waals surface area contributed by atoms with E-state index >= 15 is 0 Å². The van der Waals surface area contributed by atoms with E-state index in [4.69, 9.17) is 13.6 Å². The maximum absolute atomic E-state index is 12.4. The summed E-state index contributed by atoms with van der Waals surface area (Å²) < 4.78 is 16.7. The Balaban J connectivity index is 1.71. The molecule has 0 saturated heterocycles. The first-order chi connectivity index (χ1) is 11.5. The predicted octanol–water partition coefficient (Wildman–Crippen LogP) is 4.09. The van der Waals surface area contributed by atoms with E-state index in [1.807, 2.05) is 39.0 Å². The molecule has 1 aromatic carbocycles. The Labute approximate surface area is 140 Å². The normalized spacial score (nSPS) is 11.2. The van der Waals surface area contributed by atoms with E-state index in [1.165, 1.54) is 0 Å². The summed E-state index contributed by atoms with van der Waals surface area (Å²) in [6, 6.07) is 9.16. The van der Waals surface area contributed by atoms with Crippen LogP contribution in [0.4, 0.5) is 0 Å². The number of hydrogen-bond acceptors (Lipinski definition) is 4. The number of nitrogens with one attached hydrogen (secondary N) is 1. The number of ether oxygens (including phenoxy) is 1. The van der Waals surface area contributed by atoms with Crippen molar-refractivity contribution in [2.24, 2.45) is 0 Å². The molecule has 0 aliphatic carbocycles. The summed E-state index contributed by atoms with van der Waals surface area (Å²) in [6.07, 6.45) is 2.26. The standard InChI is InChI=1S/C19H21NO4/c1-12(2)23-18-11-14(10-17-16(18)7-9-22-17)19(21)20-8-6-15-5-4-13(3)24-15/h4-5,7,9-12H,6,8H2,1-3H3,(H,20,21). The van der Waals surface area contributed by atoms with Crippen molar-refractivity contribution in [3.05, 3.63) is 53.7 Å². The number of carbonyl (C=O) groups excluding carboxylic acids is 1. The van der Waals surface area contributed by atoms with Gasteiger partial charge < -0.3 is 18.9 Å². The van der Waals surface area contributed by atoms with E-state index in [2.05, 4.69) is 5.32 Å². The highest BCUT2D eigenvalue weighted by atomic mass is 16.5. The third kappa shape index (κ3) is 3.62. The van der Waals surface area contributed by atoms with Crippen molar-refractivity contribution in [3.8, 4) is 5.75 Å². The molecule has 5 nitrogen and oxygen atoms in total. The molecule has 0 atom stereocenters. The predicted molar refractivity (Wildman–Crippen MR) is 91.5 cm³/mol. The van der Waals surface area contributed by atoms with Crippen LogP contribution in [0.1, 0.15) is 35.7 Å². The van der Waals surface area contributed by atoms with E-state index in [1.54, 1.807) is 18.4 Å². The second kappa shape index (κ2) is 6.83. The molecule has 0 spiro atoms. The average molecular weight is 327 g/mol. The molecule has 0 bridgehead atoms. The van der Waals surface area contributed by atoms with Crippen LogP contribution >= 0.6 is 0 Å². The van der Waals surface area contributed by atoms with E-state index in [9.17, 15) is 4.79 Å². The van der Waals surface area contributed by atoms with E-state index < -0.39 is 0 Å². The van der Waals surface area contributed by atoms with E-state index in [0.717, 1.165) is 16.9 Å². The summed E-state index contributed by atoms with van der Waals surface area (Å²) >= 11 is 0. The van der Waals surface area contributed by atoms with Crippen LogP contribution in [0.2, 0.25) is 0 Å². The highest BCUT2D eigenvalue weighted by molar-refractivity contribution is 5.99. The molecule has 1 N–H and O–H groups in total. The van der Waals surface area contributed by atoms with Crippen molar-refractivity contribution >= 4 is 16.9 Å². The van der Waals surface area contributed by atoms with Crippen molar-refractivity contribution in [2.75, 3.05) is 6.54 Å². The van der Waals surface area contributed by atoms with Crippen molar-refractivity contribution in [1.29, 1.82) is 0 Å². The fraction of sp³-hybridized carbons (Fsp3) is 0.316. The molecule has 3 aromatic rings. The molecule has 0 radical (unpaired) electrons. The maximum atomic E-state index is 12.4. The second-order valence-electron chi connectivity index (χ2n) is 5.99. The van der Waals surface area contributed by atoms with Gasteiger partial charge >= 0.3 is 0 Å². The van der Waals surface area contributed by atoms with Gasteiger partial charge in [-0.3, -0.25) is 4.79 Å². The Bertz CT molecular complexity index is 844. The van der Waals surface area contributed by atoms with Crippen molar-refractivity contribution in [3.63, 3.8) is 0 Å². The first kappa shape index (κ1) is 16.2. The molecular weight excluding hydrogens is 306 g/mol. The first-order valence-electron chi connectivity index (χ1n) is 8.04. The van der Waals surface area contributed by atoms with Crippen LogP contribution in [0.3, 0.4) is 0 Å². The molecule has 0 unspecified atom stereocenters. The van der Waals surface area contributed by atoms with Gasteiger partial charge in [0.1, 0.15) is 22.9 Å². The summed E-state index contributed by atoms with van der Waals surface area (Å²) in [5.74, 6) is 2.22. The summed E-state index contributed by atoms with van der Waals surface area (Å²) in [4.78, 5) is 12.4. The zero-order chi connectivity index (χ0) is 17.1. The topological polar surface area (TPSA) is 64.6 Å². The molecule has 0 aliphatic rings. The summed E-state index contributed by atoms with van der Waals surface area (Å²) in [5.41, 5.74) is 1.16. The molecule has 0 aliphatic heterocycles. The van der Waals surface area contributed by atoms with Gasteiger partial charge in [-0.2, -0.15) is 0 Å². The minimum Gasteiger partial charge on any atom is -0.490 e. The van der Waals surface area contributed by atoms with Crippen LogP contribution in [0, 0.1) is 6.92 Å². The number of benzene rings is 1. The quantitative estimate of drug-likeness (QED) is 0.740. The lowest BCUT2D eigenvalue weighted by Gasteiger charge is -2.12. The molecule has 0 saturated carbocycles. The molecular formula is C19H21NO4. The molecule has 1 amide bonds. The van der Waals surface area contributed by atoms with Gasteiger partial charge in [0.15, 0.2) is 0 Å². The lowest BCUT2D eigenvalue weighted by Crippen LogP contribution is -2.25. The van der Waals surface area contributed by atoms with Crippen LogP contribution in [0.15, 0.2) is 45.4 Å². The molecule has 126 valence electrons.